The van der Waals surface area contributed by atoms with Crippen LogP contribution in [0.25, 0.3) is 10.9 Å². The Morgan fingerprint density at radius 2 is 1.85 bits per heavy atom. The Bertz CT molecular complexity index is 1680. The number of benzene rings is 2. The van der Waals surface area contributed by atoms with Gasteiger partial charge in [-0.3, -0.25) is 4.79 Å². The largest absolute Gasteiger partial charge is 0.464 e. The molecule has 1 saturated heterocycles. The Kier molecular flexibility index (Phi) is 6.59. The summed E-state index contributed by atoms with van der Waals surface area (Å²) < 4.78 is 28.1. The summed E-state index contributed by atoms with van der Waals surface area (Å²) in [5, 5.41) is 19.7. The molecule has 1 aliphatic heterocycles. The maximum absolute atomic E-state index is 13.6. The zero-order chi connectivity index (χ0) is 29.2. The summed E-state index contributed by atoms with van der Waals surface area (Å²) in [5.41, 5.74) is 3.94. The average molecular weight is 563 g/mol. The molecule has 0 saturated carbocycles. The van der Waals surface area contributed by atoms with Gasteiger partial charge in [0, 0.05) is 40.7 Å². The summed E-state index contributed by atoms with van der Waals surface area (Å²) in [7, 11) is -4.15. The van der Waals surface area contributed by atoms with Crippen LogP contribution in [0.2, 0.25) is 0 Å². The fraction of sp³-hybridized carbons (Fsp3) is 0.433. The lowest BCUT2D eigenvalue weighted by Gasteiger charge is -2.39. The van der Waals surface area contributed by atoms with Crippen molar-refractivity contribution in [2.75, 3.05) is 13.1 Å². The third kappa shape index (κ3) is 4.47. The standard InChI is InChI=1S/C30H34N4O5S/c1-29(2,3)34(28(36)37)40(38,39)33-12-10-18(11-13-33)14-19-6-8-21-23(15-19)30(4,5)27-25(26(21)35)22-9-7-20(17-31)16-24(22)32-27/h6-9,15-16,18,32H,10-14H2,1-5H3,(H,36,37). The number of amides is 1. The third-order valence-corrected chi connectivity index (χ3v) is 10.4. The number of ketones is 1. The van der Waals surface area contributed by atoms with E-state index in [1.807, 2.05) is 18.2 Å². The molecule has 2 heterocycles. The molecule has 40 heavy (non-hydrogen) atoms. The molecule has 0 bridgehead atoms. The Balaban J connectivity index is 1.37. The highest BCUT2D eigenvalue weighted by atomic mass is 32.2. The van der Waals surface area contributed by atoms with Crippen molar-refractivity contribution in [2.45, 2.75) is 64.8 Å². The van der Waals surface area contributed by atoms with E-state index in [4.69, 9.17) is 0 Å². The molecule has 0 unspecified atom stereocenters. The van der Waals surface area contributed by atoms with E-state index in [-0.39, 0.29) is 24.8 Å². The number of carbonyl (C=O) groups is 2. The maximum Gasteiger partial charge on any atom is 0.422 e. The average Bonchev–Trinajstić information content (AvgIpc) is 3.26. The number of hydrogen-bond acceptors (Lipinski definition) is 5. The van der Waals surface area contributed by atoms with Crippen LogP contribution >= 0.6 is 0 Å². The van der Waals surface area contributed by atoms with Crippen LogP contribution in [-0.2, 0) is 22.0 Å². The predicted molar refractivity (Wildman–Crippen MR) is 152 cm³/mol. The second-order valence-corrected chi connectivity index (χ2v) is 14.1. The van der Waals surface area contributed by atoms with Crippen LogP contribution in [0.3, 0.4) is 0 Å². The first-order valence-corrected chi connectivity index (χ1v) is 14.8. The van der Waals surface area contributed by atoms with Crippen molar-refractivity contribution in [3.8, 4) is 6.07 Å². The number of aromatic nitrogens is 1. The fourth-order valence-electron chi connectivity index (χ4n) is 6.20. The molecule has 1 fully saturated rings. The van der Waals surface area contributed by atoms with Crippen molar-refractivity contribution in [3.63, 3.8) is 0 Å². The SMILES string of the molecule is CC1(C)c2cc(CC3CCN(S(=O)(=O)N(C(=O)O)C(C)(C)C)CC3)ccc2C(=O)c2c1[nH]c1cc(C#N)ccc21. The van der Waals surface area contributed by atoms with Crippen LogP contribution in [0.4, 0.5) is 4.79 Å². The van der Waals surface area contributed by atoms with Crippen molar-refractivity contribution in [1.82, 2.24) is 13.6 Å². The van der Waals surface area contributed by atoms with Crippen LogP contribution in [0.5, 0.6) is 0 Å². The highest BCUT2D eigenvalue weighted by Crippen LogP contribution is 2.44. The number of carbonyl (C=O) groups excluding carboxylic acids is 1. The summed E-state index contributed by atoms with van der Waals surface area (Å²) in [6.45, 7) is 9.39. The summed E-state index contributed by atoms with van der Waals surface area (Å²) in [5.74, 6) is 0.194. The van der Waals surface area contributed by atoms with E-state index in [0.29, 0.717) is 33.8 Å². The Morgan fingerprint density at radius 3 is 2.45 bits per heavy atom. The first kappa shape index (κ1) is 27.9. The molecule has 5 rings (SSSR count). The minimum absolute atomic E-state index is 0.0350. The zero-order valence-electron chi connectivity index (χ0n) is 23.4. The first-order chi connectivity index (χ1) is 18.7. The number of carboxylic acid groups (broad SMARTS) is 1. The van der Waals surface area contributed by atoms with E-state index in [2.05, 4.69) is 31.0 Å². The van der Waals surface area contributed by atoms with E-state index in [1.54, 1.807) is 32.9 Å². The number of rotatable bonds is 4. The third-order valence-electron chi connectivity index (χ3n) is 8.22. The first-order valence-electron chi connectivity index (χ1n) is 13.4. The second kappa shape index (κ2) is 9.46. The van der Waals surface area contributed by atoms with Gasteiger partial charge in [0.05, 0.1) is 22.7 Å². The smallest absolute Gasteiger partial charge is 0.422 e. The van der Waals surface area contributed by atoms with Crippen molar-refractivity contribution in [1.29, 1.82) is 5.26 Å². The fourth-order valence-corrected chi connectivity index (χ4v) is 7.99. The monoisotopic (exact) mass is 562 g/mol. The van der Waals surface area contributed by atoms with E-state index in [9.17, 15) is 28.4 Å². The van der Waals surface area contributed by atoms with E-state index < -0.39 is 27.3 Å². The number of piperidine rings is 1. The molecule has 1 aliphatic carbocycles. The minimum Gasteiger partial charge on any atom is -0.464 e. The maximum atomic E-state index is 13.6. The molecule has 2 aromatic carbocycles. The lowest BCUT2D eigenvalue weighted by atomic mass is 9.70. The van der Waals surface area contributed by atoms with Crippen molar-refractivity contribution in [2.24, 2.45) is 5.92 Å². The van der Waals surface area contributed by atoms with Gasteiger partial charge in [-0.1, -0.05) is 38.1 Å². The number of aromatic amines is 1. The normalized spacial score (nSPS) is 17.8. The molecular formula is C30H34N4O5S. The predicted octanol–water partition coefficient (Wildman–Crippen LogP) is 5.19. The highest BCUT2D eigenvalue weighted by molar-refractivity contribution is 7.87. The van der Waals surface area contributed by atoms with Gasteiger partial charge in [0.25, 0.3) is 0 Å². The van der Waals surface area contributed by atoms with Crippen LogP contribution in [0.1, 0.15) is 85.8 Å². The molecule has 0 atom stereocenters. The number of hydrogen-bond donors (Lipinski definition) is 2. The molecule has 9 nitrogen and oxygen atoms in total. The molecule has 1 amide bonds. The van der Waals surface area contributed by atoms with Crippen molar-refractivity contribution >= 4 is 33.0 Å². The topological polar surface area (TPSA) is 135 Å². The molecule has 2 N–H and O–H groups in total. The minimum atomic E-state index is -4.15. The number of fused-ring (bicyclic) bond motifs is 4. The van der Waals surface area contributed by atoms with Gasteiger partial charge in [-0.05, 0) is 69.2 Å². The Labute approximate surface area is 234 Å². The molecule has 0 spiro atoms. The molecule has 2 aliphatic rings. The Morgan fingerprint density at radius 1 is 1.18 bits per heavy atom. The van der Waals surface area contributed by atoms with E-state index in [0.717, 1.165) is 34.1 Å². The number of nitriles is 1. The van der Waals surface area contributed by atoms with Gasteiger partial charge >= 0.3 is 16.3 Å². The van der Waals surface area contributed by atoms with Crippen LogP contribution in [0.15, 0.2) is 36.4 Å². The number of nitrogens with zero attached hydrogens (tertiary/aromatic N) is 3. The molecule has 0 radical (unpaired) electrons. The van der Waals surface area contributed by atoms with E-state index >= 15 is 0 Å². The van der Waals surface area contributed by atoms with Crippen molar-refractivity contribution < 1.29 is 23.1 Å². The van der Waals surface area contributed by atoms with Gasteiger partial charge in [-0.25, -0.2) is 4.79 Å². The summed E-state index contributed by atoms with van der Waals surface area (Å²) in [6.07, 6.45) is 0.482. The molecule has 1 aromatic heterocycles. The van der Waals surface area contributed by atoms with Crippen LogP contribution in [-0.4, -0.2) is 57.6 Å². The summed E-state index contributed by atoms with van der Waals surface area (Å²) in [6, 6.07) is 13.5. The van der Waals surface area contributed by atoms with E-state index in [1.165, 1.54) is 4.31 Å². The van der Waals surface area contributed by atoms with Gasteiger partial charge in [0.1, 0.15) is 0 Å². The lowest BCUT2D eigenvalue weighted by Crippen LogP contribution is -2.55. The van der Waals surface area contributed by atoms with Crippen molar-refractivity contribution in [3.05, 3.63) is 69.9 Å². The Hall–Kier alpha value is -3.68. The van der Waals surface area contributed by atoms with Crippen LogP contribution in [0, 0.1) is 17.2 Å². The molecule has 10 heteroatoms. The van der Waals surface area contributed by atoms with Gasteiger partial charge in [-0.15, -0.1) is 0 Å². The zero-order valence-corrected chi connectivity index (χ0v) is 24.2. The summed E-state index contributed by atoms with van der Waals surface area (Å²) >= 11 is 0. The molecular weight excluding hydrogens is 528 g/mol. The lowest BCUT2D eigenvalue weighted by molar-refractivity contribution is 0.103. The number of nitrogens with one attached hydrogen (secondary N) is 1. The van der Waals surface area contributed by atoms with Gasteiger partial charge in [0.15, 0.2) is 5.78 Å². The number of H-pyrrole nitrogens is 1. The molecule has 3 aromatic rings. The quantitative estimate of drug-likeness (QED) is 0.450. The summed E-state index contributed by atoms with van der Waals surface area (Å²) in [4.78, 5) is 28.8. The van der Waals surface area contributed by atoms with Gasteiger partial charge in [0.2, 0.25) is 0 Å². The molecule has 210 valence electrons. The van der Waals surface area contributed by atoms with Gasteiger partial charge in [-0.2, -0.15) is 22.3 Å². The van der Waals surface area contributed by atoms with Gasteiger partial charge < -0.3 is 10.1 Å². The highest BCUT2D eigenvalue weighted by Gasteiger charge is 2.43. The van der Waals surface area contributed by atoms with Crippen LogP contribution < -0.4 is 0 Å². The second-order valence-electron chi connectivity index (χ2n) is 12.4.